The van der Waals surface area contributed by atoms with Crippen LogP contribution in [0, 0.1) is 0 Å². The topological polar surface area (TPSA) is 77.0 Å². The van der Waals surface area contributed by atoms with E-state index in [9.17, 15) is 0 Å². The second-order valence-corrected chi connectivity index (χ2v) is 7.36. The van der Waals surface area contributed by atoms with Crippen LogP contribution in [0.2, 0.25) is 0 Å². The number of methoxy groups -OCH3 is 3. The summed E-state index contributed by atoms with van der Waals surface area (Å²) in [6.07, 6.45) is 0.855. The van der Waals surface area contributed by atoms with Gasteiger partial charge in [-0.1, -0.05) is 13.8 Å². The quantitative estimate of drug-likeness (QED) is 0.492. The van der Waals surface area contributed by atoms with E-state index >= 15 is 0 Å². The average Bonchev–Trinajstić information content (AvgIpc) is 3.18. The molecular weight excluding hydrogens is 376 g/mol. The van der Waals surface area contributed by atoms with Crippen LogP contribution in [0.1, 0.15) is 36.0 Å². The maximum atomic E-state index is 5.40. The number of aromatic nitrogens is 1. The van der Waals surface area contributed by atoms with Crippen molar-refractivity contribution in [3.63, 3.8) is 0 Å². The number of thiazole rings is 1. The van der Waals surface area contributed by atoms with E-state index in [0.717, 1.165) is 30.2 Å². The zero-order chi connectivity index (χ0) is 20.5. The van der Waals surface area contributed by atoms with Gasteiger partial charge in [0.15, 0.2) is 17.5 Å². The maximum Gasteiger partial charge on any atom is 0.203 e. The fourth-order valence-corrected chi connectivity index (χ4v) is 3.52. The molecule has 28 heavy (non-hydrogen) atoms. The number of nitrogens with zero attached hydrogens (tertiary/aromatic N) is 2. The Kier molecular flexibility index (Phi) is 8.38. The minimum Gasteiger partial charge on any atom is -0.493 e. The molecular formula is C20H30N4O3S. The van der Waals surface area contributed by atoms with Crippen LogP contribution < -0.4 is 24.8 Å². The monoisotopic (exact) mass is 406 g/mol. The van der Waals surface area contributed by atoms with Crippen LogP contribution in [0.15, 0.2) is 22.5 Å². The van der Waals surface area contributed by atoms with Gasteiger partial charge in [-0.3, -0.25) is 4.99 Å². The molecule has 1 aromatic carbocycles. The van der Waals surface area contributed by atoms with Gasteiger partial charge in [0.1, 0.15) is 0 Å². The van der Waals surface area contributed by atoms with Crippen molar-refractivity contribution in [2.75, 3.05) is 34.9 Å². The van der Waals surface area contributed by atoms with E-state index in [0.29, 0.717) is 29.7 Å². The molecule has 8 heteroatoms. The molecule has 1 heterocycles. The Hall–Kier alpha value is -2.48. The smallest absolute Gasteiger partial charge is 0.203 e. The molecule has 1 aromatic heterocycles. The van der Waals surface area contributed by atoms with Gasteiger partial charge in [0.2, 0.25) is 5.75 Å². The minimum atomic E-state index is 0.472. The number of hydrogen-bond acceptors (Lipinski definition) is 6. The first-order valence-corrected chi connectivity index (χ1v) is 10.1. The maximum absolute atomic E-state index is 5.40. The number of hydrogen-bond donors (Lipinski definition) is 2. The van der Waals surface area contributed by atoms with Crippen molar-refractivity contribution < 1.29 is 14.2 Å². The third-order valence-corrected chi connectivity index (χ3v) is 5.34. The van der Waals surface area contributed by atoms with Gasteiger partial charge in [-0.15, -0.1) is 11.3 Å². The Bertz CT molecular complexity index is 765. The number of aliphatic imine (C=N–C) groups is 1. The molecule has 0 fully saturated rings. The van der Waals surface area contributed by atoms with Crippen molar-refractivity contribution in [2.45, 2.75) is 32.7 Å². The molecule has 0 spiro atoms. The van der Waals surface area contributed by atoms with Crippen LogP contribution in [0.25, 0.3) is 0 Å². The minimum absolute atomic E-state index is 0.472. The summed E-state index contributed by atoms with van der Waals surface area (Å²) in [6.45, 7) is 5.66. The van der Waals surface area contributed by atoms with Crippen LogP contribution >= 0.6 is 11.3 Å². The van der Waals surface area contributed by atoms with E-state index in [1.165, 1.54) is 5.01 Å². The predicted molar refractivity (Wildman–Crippen MR) is 114 cm³/mol. The second kappa shape index (κ2) is 10.8. The summed E-state index contributed by atoms with van der Waals surface area (Å²) in [5.74, 6) is 3.05. The highest BCUT2D eigenvalue weighted by Gasteiger charge is 2.13. The standard InChI is InChI=1S/C20H30N4O3S/c1-13(2)19-24-15(12-28-19)7-8-22-20(21-3)23-11-14-9-16(25-4)18(27-6)17(10-14)26-5/h9-10,12-13H,7-8,11H2,1-6H3,(H2,21,22,23). The summed E-state index contributed by atoms with van der Waals surface area (Å²) in [6, 6.07) is 3.84. The van der Waals surface area contributed by atoms with Crippen molar-refractivity contribution in [3.8, 4) is 17.2 Å². The molecule has 0 saturated heterocycles. The average molecular weight is 407 g/mol. The van der Waals surface area contributed by atoms with E-state index in [1.54, 1.807) is 39.7 Å². The largest absolute Gasteiger partial charge is 0.493 e. The molecule has 0 saturated carbocycles. The van der Waals surface area contributed by atoms with Crippen molar-refractivity contribution >= 4 is 17.3 Å². The van der Waals surface area contributed by atoms with Crippen molar-refractivity contribution in [2.24, 2.45) is 4.99 Å². The Labute approximate surface area is 171 Å². The number of guanidine groups is 1. The number of benzene rings is 1. The molecule has 0 radical (unpaired) electrons. The van der Waals surface area contributed by atoms with Crippen LogP contribution in [-0.2, 0) is 13.0 Å². The molecule has 2 N–H and O–H groups in total. The van der Waals surface area contributed by atoms with E-state index in [-0.39, 0.29) is 0 Å². The summed E-state index contributed by atoms with van der Waals surface area (Å²) in [7, 11) is 6.57. The first-order chi connectivity index (χ1) is 13.5. The molecule has 0 bridgehead atoms. The summed E-state index contributed by atoms with van der Waals surface area (Å²) in [4.78, 5) is 8.94. The Morgan fingerprint density at radius 1 is 1.11 bits per heavy atom. The molecule has 2 aromatic rings. The van der Waals surface area contributed by atoms with Gasteiger partial charge >= 0.3 is 0 Å². The zero-order valence-electron chi connectivity index (χ0n) is 17.5. The highest BCUT2D eigenvalue weighted by molar-refractivity contribution is 7.09. The van der Waals surface area contributed by atoms with Crippen molar-refractivity contribution in [1.29, 1.82) is 0 Å². The molecule has 0 aliphatic rings. The van der Waals surface area contributed by atoms with Gasteiger partial charge in [-0.05, 0) is 17.7 Å². The molecule has 2 rings (SSSR count). The van der Waals surface area contributed by atoms with Gasteiger partial charge in [0, 0.05) is 37.9 Å². The van der Waals surface area contributed by atoms with Crippen LogP contribution in [0.3, 0.4) is 0 Å². The molecule has 7 nitrogen and oxygen atoms in total. The van der Waals surface area contributed by atoms with E-state index in [1.807, 2.05) is 12.1 Å². The Balaban J connectivity index is 1.91. The lowest BCUT2D eigenvalue weighted by atomic mass is 10.2. The number of rotatable bonds is 9. The first-order valence-electron chi connectivity index (χ1n) is 9.20. The summed E-state index contributed by atoms with van der Waals surface area (Å²) in [5.41, 5.74) is 2.11. The fourth-order valence-electron chi connectivity index (χ4n) is 2.66. The third-order valence-electron chi connectivity index (χ3n) is 4.15. The lowest BCUT2D eigenvalue weighted by molar-refractivity contribution is 0.323. The van der Waals surface area contributed by atoms with Gasteiger partial charge in [0.25, 0.3) is 0 Å². The Morgan fingerprint density at radius 3 is 2.29 bits per heavy atom. The first kappa shape index (κ1) is 21.8. The van der Waals surface area contributed by atoms with Crippen LogP contribution in [-0.4, -0.2) is 45.9 Å². The molecule has 0 aliphatic carbocycles. The zero-order valence-corrected chi connectivity index (χ0v) is 18.3. The van der Waals surface area contributed by atoms with E-state index in [4.69, 9.17) is 14.2 Å². The van der Waals surface area contributed by atoms with Crippen LogP contribution in [0.4, 0.5) is 0 Å². The number of nitrogens with one attached hydrogen (secondary N) is 2. The summed E-state index contributed by atoms with van der Waals surface area (Å²) in [5, 5.41) is 9.94. The summed E-state index contributed by atoms with van der Waals surface area (Å²) < 4.78 is 16.2. The molecule has 154 valence electrons. The predicted octanol–water partition coefficient (Wildman–Crippen LogP) is 3.20. The molecule has 0 amide bonds. The van der Waals surface area contributed by atoms with Gasteiger partial charge < -0.3 is 24.8 Å². The lowest BCUT2D eigenvalue weighted by Crippen LogP contribution is -2.37. The Morgan fingerprint density at radius 2 is 1.79 bits per heavy atom. The highest BCUT2D eigenvalue weighted by Crippen LogP contribution is 2.38. The van der Waals surface area contributed by atoms with Gasteiger partial charge in [-0.25, -0.2) is 4.98 Å². The van der Waals surface area contributed by atoms with Gasteiger partial charge in [0.05, 0.1) is 32.0 Å². The third kappa shape index (κ3) is 5.76. The van der Waals surface area contributed by atoms with Crippen molar-refractivity contribution in [3.05, 3.63) is 33.8 Å². The summed E-state index contributed by atoms with van der Waals surface area (Å²) >= 11 is 1.72. The molecule has 0 atom stereocenters. The normalized spacial score (nSPS) is 11.5. The van der Waals surface area contributed by atoms with Crippen LogP contribution in [0.5, 0.6) is 17.2 Å². The lowest BCUT2D eigenvalue weighted by Gasteiger charge is -2.15. The highest BCUT2D eigenvalue weighted by atomic mass is 32.1. The van der Waals surface area contributed by atoms with E-state index < -0.39 is 0 Å². The van der Waals surface area contributed by atoms with E-state index in [2.05, 4.69) is 39.8 Å². The molecule has 0 aliphatic heterocycles. The van der Waals surface area contributed by atoms with Crippen molar-refractivity contribution in [1.82, 2.24) is 15.6 Å². The second-order valence-electron chi connectivity index (χ2n) is 6.47. The SMILES string of the molecule is CN=C(NCCc1csc(C(C)C)n1)NCc1cc(OC)c(OC)c(OC)c1. The molecule has 0 unspecified atom stereocenters. The fraction of sp³-hybridized carbons (Fsp3) is 0.500. The number of ether oxygens (including phenoxy) is 3. The van der Waals surface area contributed by atoms with Gasteiger partial charge in [-0.2, -0.15) is 0 Å².